The van der Waals surface area contributed by atoms with E-state index in [9.17, 15) is 14.7 Å². The summed E-state index contributed by atoms with van der Waals surface area (Å²) in [4.78, 5) is 26.4. The van der Waals surface area contributed by atoms with Crippen LogP contribution in [0.25, 0.3) is 17.0 Å². The molecule has 1 N–H and O–H groups in total. The third-order valence-electron chi connectivity index (χ3n) is 3.26. The van der Waals surface area contributed by atoms with Crippen LogP contribution in [0.5, 0.6) is 5.75 Å². The van der Waals surface area contributed by atoms with Crippen molar-refractivity contribution in [3.63, 3.8) is 0 Å². The van der Waals surface area contributed by atoms with E-state index in [-0.39, 0.29) is 28.0 Å². The second kappa shape index (κ2) is 5.58. The van der Waals surface area contributed by atoms with Gasteiger partial charge in [-0.15, -0.1) is 0 Å². The smallest absolute Gasteiger partial charge is 0.266 e. The molecule has 0 radical (unpaired) electrons. The van der Waals surface area contributed by atoms with Crippen LogP contribution in [0.3, 0.4) is 0 Å². The summed E-state index contributed by atoms with van der Waals surface area (Å²) in [5, 5.41) is 9.76. The topological polar surface area (TPSA) is 70.8 Å². The first kappa shape index (κ1) is 14.8. The Kier molecular flexibility index (Phi) is 3.76. The van der Waals surface area contributed by atoms with Crippen molar-refractivity contribution in [1.82, 2.24) is 4.90 Å². The van der Waals surface area contributed by atoms with Gasteiger partial charge in [-0.25, -0.2) is 0 Å². The zero-order valence-corrected chi connectivity index (χ0v) is 13.2. The van der Waals surface area contributed by atoms with Crippen molar-refractivity contribution in [3.05, 3.63) is 45.2 Å². The van der Waals surface area contributed by atoms with Crippen LogP contribution in [-0.2, 0) is 4.79 Å². The Balaban J connectivity index is 2.10. The van der Waals surface area contributed by atoms with Gasteiger partial charge >= 0.3 is 0 Å². The van der Waals surface area contributed by atoms with Crippen LogP contribution in [0.15, 0.2) is 38.6 Å². The lowest BCUT2D eigenvalue weighted by Gasteiger charge is -2.09. The van der Waals surface area contributed by atoms with Crippen LogP contribution >= 0.6 is 24.0 Å². The van der Waals surface area contributed by atoms with Gasteiger partial charge in [0.25, 0.3) is 5.91 Å². The summed E-state index contributed by atoms with van der Waals surface area (Å²) < 4.78 is 5.86. The number of benzene rings is 1. The Morgan fingerprint density at radius 1 is 1.41 bits per heavy atom. The minimum atomic E-state index is -0.307. The van der Waals surface area contributed by atoms with Gasteiger partial charge in [0.15, 0.2) is 5.43 Å². The molecule has 7 heteroatoms. The lowest BCUT2D eigenvalue weighted by molar-refractivity contribution is -0.121. The number of phenolic OH excluding ortho intramolecular Hbond substituents is 1. The fourth-order valence-electron chi connectivity index (χ4n) is 2.15. The van der Waals surface area contributed by atoms with Crippen LogP contribution < -0.4 is 5.43 Å². The Bertz CT molecular complexity index is 885. The Labute approximate surface area is 135 Å². The van der Waals surface area contributed by atoms with Gasteiger partial charge in [-0.3, -0.25) is 14.5 Å². The average molecular weight is 333 g/mol. The summed E-state index contributed by atoms with van der Waals surface area (Å²) in [5.41, 5.74) is 0.315. The molecule has 2 aromatic rings. The number of rotatable bonds is 2. The van der Waals surface area contributed by atoms with Gasteiger partial charge in [0.05, 0.1) is 15.9 Å². The molecule has 0 spiro atoms. The molecule has 22 heavy (non-hydrogen) atoms. The van der Waals surface area contributed by atoms with Crippen molar-refractivity contribution >= 4 is 51.3 Å². The number of nitrogens with zero attached hydrogens (tertiary/aromatic N) is 1. The van der Waals surface area contributed by atoms with E-state index in [2.05, 4.69) is 0 Å². The monoisotopic (exact) mass is 333 g/mol. The summed E-state index contributed by atoms with van der Waals surface area (Å²) in [5.74, 6) is -0.234. The van der Waals surface area contributed by atoms with Crippen molar-refractivity contribution in [1.29, 1.82) is 0 Å². The van der Waals surface area contributed by atoms with E-state index in [1.54, 1.807) is 0 Å². The molecule has 0 bridgehead atoms. The standard InChI is InChI=1S/C15H11NO4S2/c1-2-16-14(19)12(22-15(16)21)5-8-7-20-11-4-3-9(17)6-10(11)13(8)18/h3-7,17H,2H2,1H3/b12-5-. The number of thiocarbonyl (C=S) groups is 1. The third kappa shape index (κ3) is 2.42. The minimum absolute atomic E-state index is 0.0192. The van der Waals surface area contributed by atoms with Gasteiger partial charge in [0, 0.05) is 6.54 Å². The fourth-order valence-corrected chi connectivity index (χ4v) is 3.52. The zero-order valence-electron chi connectivity index (χ0n) is 11.5. The second-order valence-corrected chi connectivity index (χ2v) is 6.30. The van der Waals surface area contributed by atoms with Crippen molar-refractivity contribution < 1.29 is 14.3 Å². The minimum Gasteiger partial charge on any atom is -0.508 e. The molecule has 0 saturated carbocycles. The summed E-state index contributed by atoms with van der Waals surface area (Å²) >= 11 is 6.29. The number of likely N-dealkylation sites (N-methyl/N-ethyl adjacent to an activating group) is 1. The van der Waals surface area contributed by atoms with E-state index >= 15 is 0 Å². The van der Waals surface area contributed by atoms with E-state index in [4.69, 9.17) is 16.6 Å². The first-order chi connectivity index (χ1) is 10.5. The van der Waals surface area contributed by atoms with E-state index in [1.807, 2.05) is 6.92 Å². The molecule has 3 rings (SSSR count). The van der Waals surface area contributed by atoms with Gasteiger partial charge in [0.1, 0.15) is 21.9 Å². The molecule has 0 atom stereocenters. The number of phenols is 1. The van der Waals surface area contributed by atoms with Crippen LogP contribution in [0.1, 0.15) is 12.5 Å². The second-order valence-electron chi connectivity index (χ2n) is 4.63. The average Bonchev–Trinajstić information content (AvgIpc) is 2.76. The Morgan fingerprint density at radius 3 is 2.86 bits per heavy atom. The molecular formula is C15H11NO4S2. The molecule has 0 unspecified atom stereocenters. The van der Waals surface area contributed by atoms with Gasteiger partial charge in [-0.1, -0.05) is 24.0 Å². The van der Waals surface area contributed by atoms with E-state index in [0.717, 1.165) is 11.8 Å². The van der Waals surface area contributed by atoms with Crippen molar-refractivity contribution in [3.8, 4) is 5.75 Å². The van der Waals surface area contributed by atoms with Gasteiger partial charge in [-0.05, 0) is 31.2 Å². The number of hydrogen-bond donors (Lipinski definition) is 1. The normalized spacial score (nSPS) is 17.0. The molecular weight excluding hydrogens is 322 g/mol. The van der Waals surface area contributed by atoms with Crippen LogP contribution in [0, 0.1) is 0 Å². The number of carbonyl (C=O) groups is 1. The fraction of sp³-hybridized carbons (Fsp3) is 0.133. The van der Waals surface area contributed by atoms with Crippen molar-refractivity contribution in [2.24, 2.45) is 0 Å². The number of aromatic hydroxyl groups is 1. The molecule has 1 aromatic carbocycles. The van der Waals surface area contributed by atoms with E-state index in [0.29, 0.717) is 21.4 Å². The summed E-state index contributed by atoms with van der Waals surface area (Å²) in [6.45, 7) is 2.32. The van der Waals surface area contributed by atoms with Crippen LogP contribution in [0.2, 0.25) is 0 Å². The number of amides is 1. The first-order valence-corrected chi connectivity index (χ1v) is 7.73. The molecule has 112 valence electrons. The molecule has 2 heterocycles. The highest BCUT2D eigenvalue weighted by Crippen LogP contribution is 2.32. The van der Waals surface area contributed by atoms with Gasteiger partial charge in [0.2, 0.25) is 0 Å². The molecule has 5 nitrogen and oxygen atoms in total. The lowest BCUT2D eigenvalue weighted by atomic mass is 10.1. The number of hydrogen-bond acceptors (Lipinski definition) is 6. The molecule has 1 aromatic heterocycles. The number of fused-ring (bicyclic) bond motifs is 1. The van der Waals surface area contributed by atoms with E-state index < -0.39 is 0 Å². The maximum atomic E-state index is 12.4. The third-order valence-corrected chi connectivity index (χ3v) is 4.64. The Hall–Kier alpha value is -2.12. The van der Waals surface area contributed by atoms with Gasteiger partial charge < -0.3 is 9.52 Å². The maximum Gasteiger partial charge on any atom is 0.266 e. The quantitative estimate of drug-likeness (QED) is 0.673. The molecule has 1 fully saturated rings. The Morgan fingerprint density at radius 2 is 2.18 bits per heavy atom. The highest BCUT2D eigenvalue weighted by atomic mass is 32.2. The predicted molar refractivity (Wildman–Crippen MR) is 89.7 cm³/mol. The molecule has 1 aliphatic heterocycles. The van der Waals surface area contributed by atoms with Crippen molar-refractivity contribution in [2.45, 2.75) is 6.92 Å². The number of thioether (sulfide) groups is 1. The SMILES string of the molecule is CCN1C(=O)/C(=C/c2coc3ccc(O)cc3c2=O)SC1=S. The number of carbonyl (C=O) groups excluding carboxylic acids is 1. The van der Waals surface area contributed by atoms with Gasteiger partial charge in [-0.2, -0.15) is 0 Å². The summed E-state index contributed by atoms with van der Waals surface area (Å²) in [7, 11) is 0. The molecule has 1 aliphatic rings. The summed E-state index contributed by atoms with van der Waals surface area (Å²) in [6, 6.07) is 4.31. The highest BCUT2D eigenvalue weighted by Gasteiger charge is 2.30. The zero-order chi connectivity index (χ0) is 15.9. The molecule has 1 saturated heterocycles. The highest BCUT2D eigenvalue weighted by molar-refractivity contribution is 8.26. The predicted octanol–water partition coefficient (Wildman–Crippen LogP) is 2.72. The van der Waals surface area contributed by atoms with E-state index in [1.165, 1.54) is 35.4 Å². The largest absolute Gasteiger partial charge is 0.508 e. The molecule has 0 aliphatic carbocycles. The first-order valence-electron chi connectivity index (χ1n) is 6.51. The maximum absolute atomic E-state index is 12.4. The lowest BCUT2D eigenvalue weighted by Crippen LogP contribution is -2.27. The molecule has 1 amide bonds. The summed E-state index contributed by atoms with van der Waals surface area (Å²) in [6.07, 6.45) is 2.78. The van der Waals surface area contributed by atoms with Crippen molar-refractivity contribution in [2.75, 3.05) is 6.54 Å². The van der Waals surface area contributed by atoms with Crippen LogP contribution in [-0.4, -0.2) is 26.8 Å². The van der Waals surface area contributed by atoms with Crippen LogP contribution in [0.4, 0.5) is 0 Å².